The van der Waals surface area contributed by atoms with E-state index in [1.165, 1.54) is 9.58 Å². The fraction of sp³-hybridized carbons (Fsp3) is 0.353. The van der Waals surface area contributed by atoms with Crippen LogP contribution in [-0.4, -0.2) is 45.1 Å². The molecule has 142 valence electrons. The number of nitrogens with one attached hydrogen (secondary N) is 2. The third kappa shape index (κ3) is 3.75. The maximum absolute atomic E-state index is 12.6. The molecule has 1 aromatic heterocycles. The van der Waals surface area contributed by atoms with E-state index < -0.39 is 11.7 Å². The molecule has 3 rings (SSSR count). The largest absolute Gasteiger partial charge is 0.431 e. The standard InChI is InChI=1S/C17H19N5O4S/c1-10-4-6-11(7-5-10)18-14(23)8-12-15(24)20(2)17(27)22(12)9-13-16(25)26-19-21(13)3/h4-7,12H,8-9H2,1-3H3,(H-,18,19,23,25)/p+1. The summed E-state index contributed by atoms with van der Waals surface area (Å²) in [6.45, 7) is 2.01. The number of hydrogen-bond donors (Lipinski definition) is 2. The van der Waals surface area contributed by atoms with Crippen molar-refractivity contribution in [1.82, 2.24) is 15.1 Å². The Labute approximate surface area is 160 Å². The molecule has 10 heteroatoms. The molecular weight excluding hydrogens is 370 g/mol. The first kappa shape index (κ1) is 18.8. The zero-order valence-corrected chi connectivity index (χ0v) is 16.0. The van der Waals surface area contributed by atoms with Crippen molar-refractivity contribution in [1.29, 1.82) is 0 Å². The highest BCUT2D eigenvalue weighted by Gasteiger charge is 2.43. The number of likely N-dealkylation sites (N-methyl/N-ethyl adjacent to an activating group) is 1. The molecule has 2 aromatic rings. The minimum absolute atomic E-state index is 0.0553. The molecule has 1 saturated heterocycles. The minimum atomic E-state index is -0.790. The number of nitrogens with zero attached hydrogens (tertiary/aromatic N) is 3. The van der Waals surface area contributed by atoms with E-state index in [9.17, 15) is 14.4 Å². The van der Waals surface area contributed by atoms with Crippen LogP contribution in [0.3, 0.4) is 0 Å². The number of anilines is 1. The van der Waals surface area contributed by atoms with Gasteiger partial charge in [-0.05, 0) is 36.5 Å². The van der Waals surface area contributed by atoms with Gasteiger partial charge in [0.2, 0.25) is 5.91 Å². The van der Waals surface area contributed by atoms with Crippen LogP contribution in [0, 0.1) is 6.92 Å². The zero-order chi connectivity index (χ0) is 19.7. The number of hydrogen-bond acceptors (Lipinski definition) is 5. The van der Waals surface area contributed by atoms with Gasteiger partial charge in [-0.3, -0.25) is 19.0 Å². The van der Waals surface area contributed by atoms with E-state index >= 15 is 0 Å². The molecule has 2 heterocycles. The van der Waals surface area contributed by atoms with E-state index in [-0.39, 0.29) is 29.9 Å². The molecule has 0 bridgehead atoms. The number of carbonyl (C=O) groups excluding carboxylic acids is 2. The molecule has 2 N–H and O–H groups in total. The van der Waals surface area contributed by atoms with Gasteiger partial charge in [-0.15, -0.1) is 0 Å². The Bertz CT molecular complexity index is 949. The van der Waals surface area contributed by atoms with Crippen molar-refractivity contribution in [3.8, 4) is 0 Å². The lowest BCUT2D eigenvalue weighted by Gasteiger charge is -2.21. The lowest BCUT2D eigenvalue weighted by molar-refractivity contribution is -0.746. The SMILES string of the molecule is Cc1ccc(NC(=O)CC2C(=O)N(C)C(=S)N2Cc2c(=O)o[nH][n+]2C)cc1. The van der Waals surface area contributed by atoms with Gasteiger partial charge in [0.1, 0.15) is 12.6 Å². The van der Waals surface area contributed by atoms with Crippen LogP contribution < -0.4 is 15.6 Å². The van der Waals surface area contributed by atoms with Crippen LogP contribution in [0.15, 0.2) is 33.6 Å². The third-order valence-corrected chi connectivity index (χ3v) is 4.98. The lowest BCUT2D eigenvalue weighted by atomic mass is 10.1. The maximum Gasteiger partial charge on any atom is 0.431 e. The molecule has 0 aliphatic carbocycles. The monoisotopic (exact) mass is 390 g/mol. The summed E-state index contributed by atoms with van der Waals surface area (Å²) in [5.74, 6) is -0.604. The van der Waals surface area contributed by atoms with E-state index in [1.54, 1.807) is 31.1 Å². The summed E-state index contributed by atoms with van der Waals surface area (Å²) in [7, 11) is 3.17. The smallest absolute Gasteiger partial charge is 0.326 e. The van der Waals surface area contributed by atoms with Gasteiger partial charge in [-0.1, -0.05) is 22.4 Å². The Kier molecular flexibility index (Phi) is 5.08. The number of H-pyrrole nitrogens is 1. The van der Waals surface area contributed by atoms with Gasteiger partial charge in [0.15, 0.2) is 12.2 Å². The number of aromatic nitrogens is 2. The molecule has 1 aliphatic rings. The van der Waals surface area contributed by atoms with Gasteiger partial charge in [0.25, 0.3) is 5.91 Å². The topological polar surface area (TPSA) is 103 Å². The summed E-state index contributed by atoms with van der Waals surface area (Å²) in [4.78, 5) is 39.7. The number of thiocarbonyl (C=S) groups is 1. The Hall–Kier alpha value is -3.01. The van der Waals surface area contributed by atoms with E-state index in [2.05, 4.69) is 10.6 Å². The summed E-state index contributed by atoms with van der Waals surface area (Å²) in [6, 6.07) is 6.57. The van der Waals surface area contributed by atoms with Crippen molar-refractivity contribution >= 4 is 34.8 Å². The van der Waals surface area contributed by atoms with Gasteiger partial charge >= 0.3 is 11.3 Å². The second-order valence-electron chi connectivity index (χ2n) is 6.43. The van der Waals surface area contributed by atoms with E-state index in [4.69, 9.17) is 16.7 Å². The Morgan fingerprint density at radius 3 is 2.59 bits per heavy atom. The second kappa shape index (κ2) is 7.31. The summed E-state index contributed by atoms with van der Waals surface area (Å²) in [6.07, 6.45) is -0.0866. The van der Waals surface area contributed by atoms with Crippen LogP contribution >= 0.6 is 12.2 Å². The molecular formula is C17H20N5O4S+. The number of amides is 2. The maximum atomic E-state index is 12.6. The first-order chi connectivity index (χ1) is 12.8. The van der Waals surface area contributed by atoms with Crippen molar-refractivity contribution in [2.45, 2.75) is 25.9 Å². The summed E-state index contributed by atoms with van der Waals surface area (Å²) in [5.41, 5.74) is 1.47. The first-order valence-electron chi connectivity index (χ1n) is 8.29. The molecule has 2 amide bonds. The van der Waals surface area contributed by atoms with Crippen LogP contribution in [0.25, 0.3) is 0 Å². The summed E-state index contributed by atoms with van der Waals surface area (Å²) < 4.78 is 6.15. The van der Waals surface area contributed by atoms with Crippen molar-refractivity contribution in [2.75, 3.05) is 12.4 Å². The highest BCUT2D eigenvalue weighted by atomic mass is 32.1. The predicted molar refractivity (Wildman–Crippen MR) is 99.6 cm³/mol. The highest BCUT2D eigenvalue weighted by molar-refractivity contribution is 7.80. The fourth-order valence-corrected chi connectivity index (χ4v) is 3.15. The number of benzene rings is 1. The average molecular weight is 390 g/mol. The van der Waals surface area contributed by atoms with E-state index in [0.29, 0.717) is 11.4 Å². The van der Waals surface area contributed by atoms with Crippen LogP contribution in [0.4, 0.5) is 5.69 Å². The minimum Gasteiger partial charge on any atom is -0.326 e. The molecule has 0 radical (unpaired) electrons. The molecule has 0 saturated carbocycles. The molecule has 1 fully saturated rings. The van der Waals surface area contributed by atoms with Crippen molar-refractivity contribution in [3.05, 3.63) is 45.9 Å². The van der Waals surface area contributed by atoms with E-state index in [0.717, 1.165) is 5.56 Å². The highest BCUT2D eigenvalue weighted by Crippen LogP contribution is 2.21. The van der Waals surface area contributed by atoms with Crippen LogP contribution in [-0.2, 0) is 23.2 Å². The van der Waals surface area contributed by atoms with Gasteiger partial charge < -0.3 is 10.2 Å². The number of aromatic amines is 1. The van der Waals surface area contributed by atoms with Gasteiger partial charge in [0.05, 0.1) is 6.42 Å². The van der Waals surface area contributed by atoms with Crippen LogP contribution in [0.2, 0.25) is 0 Å². The molecule has 1 aromatic carbocycles. The Morgan fingerprint density at radius 2 is 2.00 bits per heavy atom. The summed E-state index contributed by atoms with van der Waals surface area (Å²) in [5, 5.41) is 5.46. The summed E-state index contributed by atoms with van der Waals surface area (Å²) >= 11 is 5.32. The molecule has 0 spiro atoms. The third-order valence-electron chi connectivity index (χ3n) is 4.47. The normalized spacial score (nSPS) is 16.9. The van der Waals surface area contributed by atoms with Crippen molar-refractivity contribution < 1.29 is 18.8 Å². The Morgan fingerprint density at radius 1 is 1.33 bits per heavy atom. The van der Waals surface area contributed by atoms with Crippen molar-refractivity contribution in [2.24, 2.45) is 7.05 Å². The van der Waals surface area contributed by atoms with Crippen LogP contribution in [0.1, 0.15) is 17.7 Å². The molecule has 1 aliphatic heterocycles. The van der Waals surface area contributed by atoms with Crippen LogP contribution in [0.5, 0.6) is 0 Å². The lowest BCUT2D eigenvalue weighted by Crippen LogP contribution is -2.44. The number of carbonyl (C=O) groups is 2. The number of rotatable bonds is 5. The van der Waals surface area contributed by atoms with Crippen molar-refractivity contribution in [3.63, 3.8) is 0 Å². The van der Waals surface area contributed by atoms with Gasteiger partial charge in [-0.2, -0.15) is 0 Å². The fourth-order valence-electron chi connectivity index (χ4n) is 2.87. The van der Waals surface area contributed by atoms with Gasteiger partial charge in [0, 0.05) is 12.7 Å². The Balaban J connectivity index is 1.77. The molecule has 27 heavy (non-hydrogen) atoms. The average Bonchev–Trinajstić information content (AvgIpc) is 3.04. The molecule has 1 unspecified atom stereocenters. The molecule has 9 nitrogen and oxygen atoms in total. The number of aryl methyl sites for hydroxylation is 2. The predicted octanol–water partition coefficient (Wildman–Crippen LogP) is 0.0571. The van der Waals surface area contributed by atoms with E-state index in [1.807, 2.05) is 19.1 Å². The first-order valence-corrected chi connectivity index (χ1v) is 8.70. The zero-order valence-electron chi connectivity index (χ0n) is 15.2. The van der Waals surface area contributed by atoms with Gasteiger partial charge in [-0.25, -0.2) is 4.79 Å². The molecule has 1 atom stereocenters. The second-order valence-corrected chi connectivity index (χ2v) is 6.79. The quantitative estimate of drug-likeness (QED) is 0.553.